The summed E-state index contributed by atoms with van der Waals surface area (Å²) in [5.41, 5.74) is 3.62. The van der Waals surface area contributed by atoms with Gasteiger partial charge in [-0.1, -0.05) is 6.58 Å². The third kappa shape index (κ3) is 6.63. The molecule has 9 heteroatoms. The Bertz CT molecular complexity index is 1000. The van der Waals surface area contributed by atoms with Crippen molar-refractivity contribution in [2.75, 3.05) is 44.4 Å². The van der Waals surface area contributed by atoms with Gasteiger partial charge in [-0.2, -0.15) is 5.26 Å². The zero-order chi connectivity index (χ0) is 22.6. The number of benzene rings is 1. The minimum absolute atomic E-state index is 0.00690. The number of aliphatic hydroxyl groups is 1. The van der Waals surface area contributed by atoms with Crippen LogP contribution in [0.2, 0.25) is 0 Å². The third-order valence-corrected chi connectivity index (χ3v) is 5.52. The summed E-state index contributed by atoms with van der Waals surface area (Å²) in [6.45, 7) is 17.0. The van der Waals surface area contributed by atoms with E-state index < -0.39 is 0 Å². The Labute approximate surface area is 186 Å². The fourth-order valence-corrected chi connectivity index (χ4v) is 3.67. The Kier molecular flexibility index (Phi) is 9.66. The van der Waals surface area contributed by atoms with Crippen LogP contribution in [0.25, 0.3) is 4.85 Å². The first kappa shape index (κ1) is 24.0. The number of ether oxygens (including phenoxy) is 2. The highest BCUT2D eigenvalue weighted by Crippen LogP contribution is 2.41. The van der Waals surface area contributed by atoms with Crippen molar-refractivity contribution >= 4 is 32.7 Å². The molecule has 0 fully saturated rings. The van der Waals surface area contributed by atoms with E-state index in [4.69, 9.17) is 21.2 Å². The predicted molar refractivity (Wildman–Crippen MR) is 122 cm³/mol. The van der Waals surface area contributed by atoms with Crippen LogP contribution in [0.5, 0.6) is 0 Å². The minimum atomic E-state index is -0.00690. The molecular weight excluding hydrogens is 414 g/mol. The van der Waals surface area contributed by atoms with Crippen molar-refractivity contribution in [2.45, 2.75) is 13.8 Å². The molecule has 0 unspecified atom stereocenters. The van der Waals surface area contributed by atoms with Crippen molar-refractivity contribution in [3.8, 4) is 6.07 Å². The van der Waals surface area contributed by atoms with E-state index in [1.54, 1.807) is 6.92 Å². The number of aryl methyl sites for hydroxylation is 1. The fourth-order valence-electron chi connectivity index (χ4n) is 2.80. The maximum absolute atomic E-state index is 9.36. The molecule has 0 aliphatic rings. The van der Waals surface area contributed by atoms with Crippen LogP contribution in [0.4, 0.5) is 21.4 Å². The highest BCUT2D eigenvalue weighted by Gasteiger charge is 2.14. The average molecular weight is 440 g/mol. The van der Waals surface area contributed by atoms with Crippen molar-refractivity contribution in [1.29, 1.82) is 5.26 Å². The predicted octanol–water partition coefficient (Wildman–Crippen LogP) is 5.18. The summed E-state index contributed by atoms with van der Waals surface area (Å²) in [5, 5.41) is 27.7. The minimum Gasteiger partial charge on any atom is -0.500 e. The highest BCUT2D eigenvalue weighted by atomic mass is 32.1. The summed E-state index contributed by atoms with van der Waals surface area (Å²) in [6, 6.07) is 7.92. The van der Waals surface area contributed by atoms with Gasteiger partial charge in [-0.05, 0) is 43.2 Å². The molecule has 0 saturated carbocycles. The molecule has 0 aliphatic carbocycles. The number of thiophene rings is 1. The van der Waals surface area contributed by atoms with Gasteiger partial charge in [0.15, 0.2) is 0 Å². The zero-order valence-corrected chi connectivity index (χ0v) is 18.5. The Morgan fingerprint density at radius 1 is 1.29 bits per heavy atom. The molecule has 0 bridgehead atoms. The summed E-state index contributed by atoms with van der Waals surface area (Å²) in [7, 11) is 0. The number of hydrogen-bond acceptors (Lipinski definition) is 8. The molecule has 162 valence electrons. The quantitative estimate of drug-likeness (QED) is 0.213. The van der Waals surface area contributed by atoms with Crippen molar-refractivity contribution < 1.29 is 14.6 Å². The van der Waals surface area contributed by atoms with E-state index in [9.17, 15) is 5.26 Å². The molecule has 0 amide bonds. The summed E-state index contributed by atoms with van der Waals surface area (Å²) < 4.78 is 10.7. The van der Waals surface area contributed by atoms with E-state index in [1.807, 2.05) is 25.1 Å². The van der Waals surface area contributed by atoms with Crippen molar-refractivity contribution in [3.05, 3.63) is 59.1 Å². The van der Waals surface area contributed by atoms with E-state index in [1.165, 1.54) is 17.6 Å². The van der Waals surface area contributed by atoms with E-state index in [-0.39, 0.29) is 6.61 Å². The van der Waals surface area contributed by atoms with Gasteiger partial charge in [0.25, 0.3) is 0 Å². The van der Waals surface area contributed by atoms with E-state index in [0.717, 1.165) is 11.3 Å². The lowest BCUT2D eigenvalue weighted by Gasteiger charge is -2.25. The van der Waals surface area contributed by atoms with Crippen molar-refractivity contribution in [2.24, 2.45) is 10.2 Å². The van der Waals surface area contributed by atoms with E-state index in [0.29, 0.717) is 59.7 Å². The standard InChI is InChI=1S/C22H25N5O3S/c1-5-29-11-8-27(9-12-30-13-10-28)18-6-7-20(16(2)14-18)25-26-22-19(15-23)17(3)21(24-4)31-22/h5-7,14,28H,1,8-13H2,2-3H3. The maximum Gasteiger partial charge on any atom is 0.247 e. The highest BCUT2D eigenvalue weighted by molar-refractivity contribution is 7.20. The topological polar surface area (TPSA) is 94.8 Å². The van der Waals surface area contributed by atoms with Gasteiger partial charge in [0.1, 0.15) is 17.7 Å². The van der Waals surface area contributed by atoms with Gasteiger partial charge in [0, 0.05) is 12.2 Å². The molecule has 1 aromatic heterocycles. The summed E-state index contributed by atoms with van der Waals surface area (Å²) in [4.78, 5) is 5.56. The summed E-state index contributed by atoms with van der Waals surface area (Å²) in [6.07, 6.45) is 1.41. The van der Waals surface area contributed by atoms with Gasteiger partial charge < -0.3 is 19.5 Å². The van der Waals surface area contributed by atoms with Crippen LogP contribution < -0.4 is 4.90 Å². The smallest absolute Gasteiger partial charge is 0.247 e. The number of nitriles is 1. The maximum atomic E-state index is 9.36. The van der Waals surface area contributed by atoms with Crippen LogP contribution in [-0.4, -0.2) is 44.6 Å². The van der Waals surface area contributed by atoms with Gasteiger partial charge in [-0.25, -0.2) is 4.85 Å². The third-order valence-electron chi connectivity index (χ3n) is 4.45. The summed E-state index contributed by atoms with van der Waals surface area (Å²) >= 11 is 1.17. The first-order valence-electron chi connectivity index (χ1n) is 9.65. The number of nitrogens with zero attached hydrogens (tertiary/aromatic N) is 5. The number of aliphatic hydroxyl groups excluding tert-OH is 1. The van der Waals surface area contributed by atoms with Gasteiger partial charge in [-0.15, -0.1) is 21.6 Å². The first-order valence-corrected chi connectivity index (χ1v) is 10.5. The van der Waals surface area contributed by atoms with Gasteiger partial charge in [-0.3, -0.25) is 0 Å². The molecule has 1 heterocycles. The van der Waals surface area contributed by atoms with Crippen LogP contribution in [0.1, 0.15) is 16.7 Å². The SMILES string of the molecule is [C-]#[N+]c1sc(N=Nc2ccc(N(CCOC=C)CCOCCO)cc2C)c(C#N)c1C. The number of hydrogen-bond donors (Lipinski definition) is 1. The fraction of sp³-hybridized carbons (Fsp3) is 0.364. The molecule has 0 saturated heterocycles. The zero-order valence-electron chi connectivity index (χ0n) is 17.7. The molecule has 1 N–H and O–H groups in total. The van der Waals surface area contributed by atoms with Crippen molar-refractivity contribution in [3.63, 3.8) is 0 Å². The molecule has 8 nitrogen and oxygen atoms in total. The Hall–Kier alpha value is -3.24. The number of azo groups is 1. The van der Waals surface area contributed by atoms with Crippen LogP contribution >= 0.6 is 11.3 Å². The molecule has 0 radical (unpaired) electrons. The number of rotatable bonds is 12. The van der Waals surface area contributed by atoms with Crippen LogP contribution in [0, 0.1) is 31.8 Å². The molecule has 31 heavy (non-hydrogen) atoms. The second-order valence-corrected chi connectivity index (χ2v) is 7.44. The van der Waals surface area contributed by atoms with Crippen LogP contribution in [-0.2, 0) is 9.47 Å². The molecule has 2 rings (SSSR count). The normalized spacial score (nSPS) is 10.6. The Morgan fingerprint density at radius 3 is 2.71 bits per heavy atom. The lowest BCUT2D eigenvalue weighted by Crippen LogP contribution is -2.31. The monoisotopic (exact) mass is 439 g/mol. The largest absolute Gasteiger partial charge is 0.500 e. The second-order valence-electron chi connectivity index (χ2n) is 6.47. The van der Waals surface area contributed by atoms with Gasteiger partial charge >= 0.3 is 0 Å². The lowest BCUT2D eigenvalue weighted by atomic mass is 10.1. The first-order chi connectivity index (χ1) is 15.0. The molecule has 0 aliphatic heterocycles. The Balaban J connectivity index is 2.20. The molecule has 2 aromatic rings. The average Bonchev–Trinajstić information content (AvgIpc) is 3.09. The van der Waals surface area contributed by atoms with E-state index in [2.05, 4.69) is 32.6 Å². The molecule has 0 atom stereocenters. The van der Waals surface area contributed by atoms with Gasteiger partial charge in [0.2, 0.25) is 5.00 Å². The van der Waals surface area contributed by atoms with E-state index >= 15 is 0 Å². The number of anilines is 1. The van der Waals surface area contributed by atoms with Gasteiger partial charge in [0.05, 0.1) is 50.5 Å². The summed E-state index contributed by atoms with van der Waals surface area (Å²) in [5.74, 6) is 0. The van der Waals surface area contributed by atoms with Crippen LogP contribution in [0.15, 0.2) is 41.3 Å². The lowest BCUT2D eigenvalue weighted by molar-refractivity contribution is 0.0961. The second kappa shape index (κ2) is 12.5. The molecular formula is C22H25N5O3S. The molecule has 0 spiro atoms. The van der Waals surface area contributed by atoms with Crippen molar-refractivity contribution in [1.82, 2.24) is 0 Å². The Morgan fingerprint density at radius 2 is 2.06 bits per heavy atom. The van der Waals surface area contributed by atoms with Crippen LogP contribution in [0.3, 0.4) is 0 Å². The molecule has 1 aromatic carbocycles.